The maximum absolute atomic E-state index is 12.3. The van der Waals surface area contributed by atoms with Crippen LogP contribution in [0.25, 0.3) is 0 Å². The molecule has 0 aliphatic heterocycles. The lowest BCUT2D eigenvalue weighted by Gasteiger charge is -1.97. The zero-order valence-electron chi connectivity index (χ0n) is 5.40. The van der Waals surface area contributed by atoms with Gasteiger partial charge in [0.25, 0.3) is 0 Å². The molecular weight excluding hydrogens is 138 g/mol. The molecule has 0 saturated carbocycles. The fourth-order valence-electron chi connectivity index (χ4n) is 0.657. The summed E-state index contributed by atoms with van der Waals surface area (Å²) in [5.74, 6) is -0.571. The van der Waals surface area contributed by atoms with E-state index in [0.717, 1.165) is 6.07 Å². The minimum Gasteiger partial charge on any atom is -0.294 e. The molecule has 0 radical (unpaired) electrons. The molecule has 0 bridgehead atoms. The van der Waals surface area contributed by atoms with E-state index in [1.807, 2.05) is 0 Å². The summed E-state index contributed by atoms with van der Waals surface area (Å²) in [7, 11) is 0. The van der Waals surface area contributed by atoms with Gasteiger partial charge in [0.15, 0.2) is 5.75 Å². The molecule has 0 spiro atoms. The molecule has 0 aliphatic carbocycles. The van der Waals surface area contributed by atoms with Crippen molar-refractivity contribution in [1.82, 2.24) is 0 Å². The first-order valence-corrected chi connectivity index (χ1v) is 2.79. The first-order valence-electron chi connectivity index (χ1n) is 2.79. The Bertz CT molecular complexity index is 235. The van der Waals surface area contributed by atoms with Gasteiger partial charge >= 0.3 is 0 Å². The second kappa shape index (κ2) is 2.64. The molecular formula is C7H6F2O. The largest absolute Gasteiger partial charge is 0.294 e. The van der Waals surface area contributed by atoms with Gasteiger partial charge < -0.3 is 0 Å². The Kier molecular flexibility index (Phi) is 1.85. The van der Waals surface area contributed by atoms with Crippen LogP contribution in [0.15, 0.2) is 18.2 Å². The van der Waals surface area contributed by atoms with E-state index < -0.39 is 5.82 Å². The Balaban J connectivity index is 3.09. The Morgan fingerprint density at radius 2 is 2.10 bits per heavy atom. The SMILES string of the molecule is Cc1ccc(F)cc1OF. The monoisotopic (exact) mass is 144 g/mol. The predicted molar refractivity (Wildman–Crippen MR) is 32.9 cm³/mol. The normalized spacial score (nSPS) is 9.50. The van der Waals surface area contributed by atoms with Crippen molar-refractivity contribution < 1.29 is 13.9 Å². The van der Waals surface area contributed by atoms with Crippen molar-refractivity contribution >= 4 is 0 Å². The summed E-state index contributed by atoms with van der Waals surface area (Å²) >= 11 is 0. The highest BCUT2D eigenvalue weighted by Gasteiger charge is 2.00. The van der Waals surface area contributed by atoms with E-state index in [0.29, 0.717) is 5.56 Å². The molecule has 3 heteroatoms. The van der Waals surface area contributed by atoms with Gasteiger partial charge in [-0.25, -0.2) is 4.39 Å². The third-order valence-corrected chi connectivity index (χ3v) is 1.23. The molecule has 0 aromatic heterocycles. The van der Waals surface area contributed by atoms with E-state index in [2.05, 4.69) is 4.94 Å². The van der Waals surface area contributed by atoms with Crippen molar-refractivity contribution in [1.29, 1.82) is 0 Å². The Hall–Kier alpha value is -1.12. The molecule has 0 unspecified atom stereocenters. The highest BCUT2D eigenvalue weighted by atomic mass is 19.3. The van der Waals surface area contributed by atoms with Gasteiger partial charge in [-0.1, -0.05) is 6.07 Å². The number of rotatable bonds is 1. The zero-order valence-corrected chi connectivity index (χ0v) is 5.40. The van der Waals surface area contributed by atoms with Crippen molar-refractivity contribution in [2.75, 3.05) is 0 Å². The second-order valence-corrected chi connectivity index (χ2v) is 1.99. The maximum Gasteiger partial charge on any atom is 0.177 e. The van der Waals surface area contributed by atoms with Gasteiger partial charge in [0, 0.05) is 10.6 Å². The smallest absolute Gasteiger partial charge is 0.177 e. The third kappa shape index (κ3) is 1.23. The number of hydrogen-bond acceptors (Lipinski definition) is 1. The Morgan fingerprint density at radius 1 is 1.40 bits per heavy atom. The lowest BCUT2D eigenvalue weighted by Crippen LogP contribution is -1.83. The topological polar surface area (TPSA) is 9.23 Å². The van der Waals surface area contributed by atoms with Crippen molar-refractivity contribution in [2.45, 2.75) is 6.92 Å². The lowest BCUT2D eigenvalue weighted by atomic mass is 10.2. The molecule has 0 heterocycles. The van der Waals surface area contributed by atoms with Gasteiger partial charge in [-0.15, -0.1) is 0 Å². The van der Waals surface area contributed by atoms with Gasteiger partial charge in [0.1, 0.15) is 5.82 Å². The van der Waals surface area contributed by atoms with Crippen LogP contribution < -0.4 is 4.94 Å². The molecule has 0 saturated heterocycles. The summed E-state index contributed by atoms with van der Waals surface area (Å²) < 4.78 is 23.8. The van der Waals surface area contributed by atoms with Crippen LogP contribution in [-0.4, -0.2) is 0 Å². The van der Waals surface area contributed by atoms with Crippen molar-refractivity contribution in [3.63, 3.8) is 0 Å². The fraction of sp³-hybridized carbons (Fsp3) is 0.143. The van der Waals surface area contributed by atoms with Crippen LogP contribution in [0.1, 0.15) is 5.56 Å². The molecule has 1 aromatic rings. The van der Waals surface area contributed by atoms with Crippen molar-refractivity contribution in [3.8, 4) is 5.75 Å². The minimum absolute atomic E-state index is 0.0694. The van der Waals surface area contributed by atoms with Crippen LogP contribution in [0, 0.1) is 12.7 Å². The van der Waals surface area contributed by atoms with Crippen molar-refractivity contribution in [2.24, 2.45) is 0 Å². The summed E-state index contributed by atoms with van der Waals surface area (Å²) in [6.07, 6.45) is 0. The van der Waals surface area contributed by atoms with Crippen molar-refractivity contribution in [3.05, 3.63) is 29.6 Å². The molecule has 10 heavy (non-hydrogen) atoms. The standard InChI is InChI=1S/C7H6F2O/c1-5-2-3-6(8)4-7(5)10-9/h2-4H,1H3. The lowest BCUT2D eigenvalue weighted by molar-refractivity contribution is -0.00735. The summed E-state index contributed by atoms with van der Waals surface area (Å²) in [6, 6.07) is 3.69. The van der Waals surface area contributed by atoms with Gasteiger partial charge in [-0.2, -0.15) is 0 Å². The zero-order chi connectivity index (χ0) is 7.56. The van der Waals surface area contributed by atoms with Crippen LogP contribution in [-0.2, 0) is 0 Å². The Morgan fingerprint density at radius 3 is 2.60 bits per heavy atom. The van der Waals surface area contributed by atoms with E-state index in [9.17, 15) is 8.92 Å². The van der Waals surface area contributed by atoms with E-state index in [1.165, 1.54) is 12.1 Å². The maximum atomic E-state index is 12.3. The first kappa shape index (κ1) is 6.99. The van der Waals surface area contributed by atoms with Gasteiger partial charge in [0.2, 0.25) is 0 Å². The molecule has 0 amide bonds. The van der Waals surface area contributed by atoms with E-state index >= 15 is 0 Å². The molecule has 0 N–H and O–H groups in total. The van der Waals surface area contributed by atoms with Crippen LogP contribution in [0.2, 0.25) is 0 Å². The predicted octanol–water partition coefficient (Wildman–Crippen LogP) is 2.40. The molecule has 0 aliphatic rings. The van der Waals surface area contributed by atoms with Gasteiger partial charge in [-0.3, -0.25) is 4.94 Å². The minimum atomic E-state index is -0.502. The quantitative estimate of drug-likeness (QED) is 0.588. The molecule has 1 rings (SSSR count). The summed E-state index contributed by atoms with van der Waals surface area (Å²) in [5, 5.41) is 0. The van der Waals surface area contributed by atoms with E-state index in [-0.39, 0.29) is 5.75 Å². The number of hydrogen-bond donors (Lipinski definition) is 0. The van der Waals surface area contributed by atoms with Crippen LogP contribution in [0.5, 0.6) is 5.75 Å². The van der Waals surface area contributed by atoms with Gasteiger partial charge in [0.05, 0.1) is 0 Å². The highest BCUT2D eigenvalue weighted by Crippen LogP contribution is 2.18. The first-order chi connectivity index (χ1) is 4.74. The van der Waals surface area contributed by atoms with E-state index in [1.54, 1.807) is 6.92 Å². The average molecular weight is 144 g/mol. The summed E-state index contributed by atoms with van der Waals surface area (Å²) in [5.41, 5.74) is 0.573. The summed E-state index contributed by atoms with van der Waals surface area (Å²) in [4.78, 5) is 3.39. The molecule has 0 atom stereocenters. The highest BCUT2D eigenvalue weighted by molar-refractivity contribution is 5.31. The van der Waals surface area contributed by atoms with Crippen LogP contribution in [0.3, 0.4) is 0 Å². The Labute approximate surface area is 57.1 Å². The van der Waals surface area contributed by atoms with Crippen LogP contribution >= 0.6 is 0 Å². The average Bonchev–Trinajstić information content (AvgIpc) is 1.94. The van der Waals surface area contributed by atoms with E-state index in [4.69, 9.17) is 0 Å². The molecule has 54 valence electrons. The number of benzene rings is 1. The number of halogens is 2. The number of aryl methyl sites for hydroxylation is 1. The molecule has 0 fully saturated rings. The van der Waals surface area contributed by atoms with Gasteiger partial charge in [-0.05, 0) is 18.6 Å². The molecule has 1 nitrogen and oxygen atoms in total. The van der Waals surface area contributed by atoms with Crippen LogP contribution in [0.4, 0.5) is 8.92 Å². The second-order valence-electron chi connectivity index (χ2n) is 1.99. The fourth-order valence-corrected chi connectivity index (χ4v) is 0.657. The summed E-state index contributed by atoms with van der Waals surface area (Å²) in [6.45, 7) is 1.63. The molecule has 1 aromatic carbocycles. The third-order valence-electron chi connectivity index (χ3n) is 1.23.